The lowest BCUT2D eigenvalue weighted by molar-refractivity contribution is -0.259. The Morgan fingerprint density at radius 2 is 1.81 bits per heavy atom. The number of rotatable bonds is 3. The zero-order valence-corrected chi connectivity index (χ0v) is 9.01. The van der Waals surface area contributed by atoms with Gasteiger partial charge in [0.15, 0.2) is 5.60 Å². The minimum atomic E-state index is -4.74. The van der Waals surface area contributed by atoms with Crippen molar-refractivity contribution in [2.75, 3.05) is 6.61 Å². The predicted octanol–water partition coefficient (Wildman–Crippen LogP) is 2.86. The summed E-state index contributed by atoms with van der Waals surface area (Å²) in [6.45, 7) is 2.62. The second kappa shape index (κ2) is 4.33. The van der Waals surface area contributed by atoms with Gasteiger partial charge in [-0.05, 0) is 19.9 Å². The number of para-hydroxylation sites is 1. The van der Waals surface area contributed by atoms with Gasteiger partial charge in [0.05, 0.1) is 6.61 Å². The fraction of sp³-hybridized carbons (Fsp3) is 0.455. The third-order valence-electron chi connectivity index (χ3n) is 2.26. The van der Waals surface area contributed by atoms with Gasteiger partial charge in [-0.1, -0.05) is 18.2 Å². The van der Waals surface area contributed by atoms with Crippen LogP contribution in [0.15, 0.2) is 24.3 Å². The molecule has 0 amide bonds. The molecule has 0 saturated heterocycles. The normalized spacial score (nSPS) is 15.6. The second-order valence-electron chi connectivity index (χ2n) is 3.50. The van der Waals surface area contributed by atoms with Crippen molar-refractivity contribution in [3.05, 3.63) is 29.8 Å². The highest BCUT2D eigenvalue weighted by atomic mass is 19.4. The Morgan fingerprint density at radius 1 is 1.25 bits per heavy atom. The van der Waals surface area contributed by atoms with E-state index in [1.54, 1.807) is 13.0 Å². The third-order valence-corrected chi connectivity index (χ3v) is 2.26. The molecule has 1 aromatic rings. The van der Waals surface area contributed by atoms with Gasteiger partial charge in [0.2, 0.25) is 0 Å². The van der Waals surface area contributed by atoms with Crippen molar-refractivity contribution in [1.29, 1.82) is 0 Å². The summed E-state index contributed by atoms with van der Waals surface area (Å²) in [6.07, 6.45) is -4.74. The molecule has 0 radical (unpaired) electrons. The number of hydrogen-bond acceptors (Lipinski definition) is 2. The SMILES string of the molecule is CCOc1ccccc1C(C)(O)C(F)(F)F. The van der Waals surface area contributed by atoms with Gasteiger partial charge in [0.25, 0.3) is 0 Å². The second-order valence-corrected chi connectivity index (χ2v) is 3.50. The van der Waals surface area contributed by atoms with Gasteiger partial charge >= 0.3 is 6.18 Å². The summed E-state index contributed by atoms with van der Waals surface area (Å²) in [5.74, 6) is 0.0484. The van der Waals surface area contributed by atoms with E-state index in [0.29, 0.717) is 6.92 Å². The number of aliphatic hydroxyl groups is 1. The highest BCUT2D eigenvalue weighted by molar-refractivity contribution is 5.38. The van der Waals surface area contributed by atoms with Crippen LogP contribution in [0.1, 0.15) is 19.4 Å². The van der Waals surface area contributed by atoms with E-state index < -0.39 is 11.8 Å². The van der Waals surface area contributed by atoms with Crippen LogP contribution in [0, 0.1) is 0 Å². The molecule has 90 valence electrons. The lowest BCUT2D eigenvalue weighted by Gasteiger charge is -2.28. The Hall–Kier alpha value is -1.23. The predicted molar refractivity (Wildman–Crippen MR) is 53.2 cm³/mol. The zero-order chi connectivity index (χ0) is 12.4. The molecule has 1 N–H and O–H groups in total. The maximum atomic E-state index is 12.6. The zero-order valence-electron chi connectivity index (χ0n) is 9.01. The van der Waals surface area contributed by atoms with Crippen LogP contribution in [0.4, 0.5) is 13.2 Å². The Kier molecular flexibility index (Phi) is 3.48. The van der Waals surface area contributed by atoms with Gasteiger partial charge in [0.1, 0.15) is 5.75 Å². The summed E-state index contributed by atoms with van der Waals surface area (Å²) in [7, 11) is 0. The van der Waals surface area contributed by atoms with Crippen molar-refractivity contribution in [2.24, 2.45) is 0 Å². The molecule has 1 atom stereocenters. The molecule has 1 rings (SSSR count). The topological polar surface area (TPSA) is 29.5 Å². The van der Waals surface area contributed by atoms with Gasteiger partial charge in [-0.15, -0.1) is 0 Å². The number of alkyl halides is 3. The van der Waals surface area contributed by atoms with Crippen molar-refractivity contribution in [2.45, 2.75) is 25.6 Å². The molecule has 0 aliphatic carbocycles. The summed E-state index contributed by atoms with van der Waals surface area (Å²) < 4.78 is 43.0. The molecule has 0 fully saturated rings. The van der Waals surface area contributed by atoms with Crippen LogP contribution >= 0.6 is 0 Å². The summed E-state index contributed by atoms with van der Waals surface area (Å²) in [4.78, 5) is 0. The van der Waals surface area contributed by atoms with E-state index in [2.05, 4.69) is 0 Å². The van der Waals surface area contributed by atoms with Crippen LogP contribution in [0.25, 0.3) is 0 Å². The van der Waals surface area contributed by atoms with Crippen molar-refractivity contribution in [3.8, 4) is 5.75 Å². The maximum absolute atomic E-state index is 12.6. The van der Waals surface area contributed by atoms with Gasteiger partial charge in [0, 0.05) is 5.56 Å². The Morgan fingerprint density at radius 3 is 2.31 bits per heavy atom. The molecule has 2 nitrogen and oxygen atoms in total. The number of ether oxygens (including phenoxy) is 1. The molecule has 1 unspecified atom stereocenters. The molecule has 5 heteroatoms. The van der Waals surface area contributed by atoms with E-state index in [1.807, 2.05) is 0 Å². The number of benzene rings is 1. The molecular formula is C11H13F3O2. The van der Waals surface area contributed by atoms with Gasteiger partial charge < -0.3 is 9.84 Å². The van der Waals surface area contributed by atoms with Crippen LogP contribution in [0.2, 0.25) is 0 Å². The first-order chi connectivity index (χ1) is 7.30. The molecule has 0 saturated carbocycles. The average molecular weight is 234 g/mol. The monoisotopic (exact) mass is 234 g/mol. The van der Waals surface area contributed by atoms with Gasteiger partial charge in [-0.2, -0.15) is 13.2 Å². The molecule has 0 bridgehead atoms. The summed E-state index contributed by atoms with van der Waals surface area (Å²) in [5.41, 5.74) is -3.18. The third kappa shape index (κ3) is 2.29. The first-order valence-corrected chi connectivity index (χ1v) is 4.82. The average Bonchev–Trinajstić information content (AvgIpc) is 2.17. The van der Waals surface area contributed by atoms with Crippen molar-refractivity contribution in [3.63, 3.8) is 0 Å². The standard InChI is InChI=1S/C11H13F3O2/c1-3-16-9-7-5-4-6-8(9)10(2,15)11(12,13)14/h4-7,15H,3H2,1-2H3. The minimum absolute atomic E-state index is 0.0484. The van der Waals surface area contributed by atoms with Gasteiger partial charge in [-0.25, -0.2) is 0 Å². The largest absolute Gasteiger partial charge is 0.493 e. The first-order valence-electron chi connectivity index (χ1n) is 4.82. The summed E-state index contributed by atoms with van der Waals surface area (Å²) in [6, 6.07) is 5.59. The van der Waals surface area contributed by atoms with Gasteiger partial charge in [-0.3, -0.25) is 0 Å². The molecule has 0 aliphatic heterocycles. The quantitative estimate of drug-likeness (QED) is 0.871. The minimum Gasteiger partial charge on any atom is -0.493 e. The maximum Gasteiger partial charge on any atom is 0.421 e. The first kappa shape index (κ1) is 12.8. The Labute approximate surface area is 91.7 Å². The van der Waals surface area contributed by atoms with Crippen molar-refractivity contribution < 1.29 is 23.0 Å². The molecule has 0 aliphatic rings. The molecule has 16 heavy (non-hydrogen) atoms. The van der Waals surface area contributed by atoms with Crippen molar-refractivity contribution in [1.82, 2.24) is 0 Å². The summed E-state index contributed by atoms with van der Waals surface area (Å²) >= 11 is 0. The fourth-order valence-electron chi connectivity index (χ4n) is 1.30. The smallest absolute Gasteiger partial charge is 0.421 e. The van der Waals surface area contributed by atoms with Crippen molar-refractivity contribution >= 4 is 0 Å². The van der Waals surface area contributed by atoms with E-state index in [4.69, 9.17) is 4.74 Å². The van der Waals surface area contributed by atoms with E-state index in [9.17, 15) is 18.3 Å². The highest BCUT2D eigenvalue weighted by Gasteiger charge is 2.52. The summed E-state index contributed by atoms with van der Waals surface area (Å²) in [5, 5.41) is 9.52. The van der Waals surface area contributed by atoms with Crippen LogP contribution in [0.5, 0.6) is 5.75 Å². The van der Waals surface area contributed by atoms with E-state index in [0.717, 1.165) is 0 Å². The lowest BCUT2D eigenvalue weighted by Crippen LogP contribution is -2.39. The van der Waals surface area contributed by atoms with Crippen LogP contribution < -0.4 is 4.74 Å². The molecular weight excluding hydrogens is 221 g/mol. The van der Waals surface area contributed by atoms with Crippen LogP contribution in [-0.2, 0) is 5.60 Å². The number of halogens is 3. The lowest BCUT2D eigenvalue weighted by atomic mass is 9.94. The number of hydrogen-bond donors (Lipinski definition) is 1. The fourth-order valence-corrected chi connectivity index (χ4v) is 1.30. The van der Waals surface area contributed by atoms with E-state index in [1.165, 1.54) is 18.2 Å². The molecule has 0 heterocycles. The van der Waals surface area contributed by atoms with E-state index in [-0.39, 0.29) is 17.9 Å². The molecule has 1 aromatic carbocycles. The molecule has 0 spiro atoms. The highest BCUT2D eigenvalue weighted by Crippen LogP contribution is 2.42. The van der Waals surface area contributed by atoms with E-state index >= 15 is 0 Å². The Bertz CT molecular complexity index is 358. The molecule has 0 aromatic heterocycles. The van der Waals surface area contributed by atoms with Crippen LogP contribution in [0.3, 0.4) is 0 Å². The Balaban J connectivity index is 3.21. The van der Waals surface area contributed by atoms with Crippen LogP contribution in [-0.4, -0.2) is 17.9 Å².